The van der Waals surface area contributed by atoms with Crippen LogP contribution in [-0.4, -0.2) is 35.6 Å². The second-order valence-electron chi connectivity index (χ2n) is 5.32. The minimum atomic E-state index is -0.105. The monoisotopic (exact) mass is 324 g/mol. The minimum absolute atomic E-state index is 0.0103. The van der Waals surface area contributed by atoms with Crippen molar-refractivity contribution in [2.45, 2.75) is 18.2 Å². The highest BCUT2D eigenvalue weighted by molar-refractivity contribution is 7.99. The number of rotatable bonds is 2. The zero-order chi connectivity index (χ0) is 14.8. The van der Waals surface area contributed by atoms with E-state index in [2.05, 4.69) is 5.32 Å². The Kier molecular flexibility index (Phi) is 4.40. The third-order valence-corrected chi connectivity index (χ3v) is 5.55. The van der Waals surface area contributed by atoms with E-state index in [-0.39, 0.29) is 23.1 Å². The Balaban J connectivity index is 1.76. The molecule has 3 rings (SSSR count). The molecular formula is C15H17ClN2O2S. The Morgan fingerprint density at radius 1 is 1.38 bits per heavy atom. The molecule has 2 saturated heterocycles. The molecule has 2 fully saturated rings. The number of carbonyl (C=O) groups is 2. The van der Waals surface area contributed by atoms with E-state index in [0.717, 1.165) is 17.9 Å². The molecule has 0 radical (unpaired) electrons. The highest BCUT2D eigenvalue weighted by Gasteiger charge is 2.36. The number of nitrogens with zero attached hydrogens (tertiary/aromatic N) is 1. The number of halogens is 1. The van der Waals surface area contributed by atoms with E-state index in [1.54, 1.807) is 11.8 Å². The first-order valence-corrected chi connectivity index (χ1v) is 8.52. The van der Waals surface area contributed by atoms with Crippen LogP contribution in [0.3, 0.4) is 0 Å². The molecule has 6 heteroatoms. The lowest BCUT2D eigenvalue weighted by Gasteiger charge is -2.30. The fraction of sp³-hybridized carbons (Fsp3) is 0.467. The Hall–Kier alpha value is -1.20. The molecule has 1 aromatic carbocycles. The zero-order valence-corrected chi connectivity index (χ0v) is 13.1. The third-order valence-electron chi connectivity index (χ3n) is 3.96. The smallest absolute Gasteiger partial charge is 0.228 e. The Labute approximate surface area is 133 Å². The van der Waals surface area contributed by atoms with Crippen LogP contribution in [0.1, 0.15) is 23.8 Å². The summed E-state index contributed by atoms with van der Waals surface area (Å²) in [5.74, 6) is 0.981. The fourth-order valence-corrected chi connectivity index (χ4v) is 4.41. The van der Waals surface area contributed by atoms with E-state index < -0.39 is 0 Å². The Morgan fingerprint density at radius 2 is 2.19 bits per heavy atom. The van der Waals surface area contributed by atoms with Crippen molar-refractivity contribution >= 4 is 35.2 Å². The van der Waals surface area contributed by atoms with Gasteiger partial charge in [-0.3, -0.25) is 9.59 Å². The first-order valence-electron chi connectivity index (χ1n) is 7.10. The van der Waals surface area contributed by atoms with E-state index in [0.29, 0.717) is 24.4 Å². The first kappa shape index (κ1) is 14.7. The summed E-state index contributed by atoms with van der Waals surface area (Å²) >= 11 is 8.01. The molecule has 2 aliphatic rings. The molecule has 4 nitrogen and oxygen atoms in total. The summed E-state index contributed by atoms with van der Waals surface area (Å²) in [6, 6.07) is 7.69. The number of benzene rings is 1. The van der Waals surface area contributed by atoms with Gasteiger partial charge in [0.05, 0.1) is 5.92 Å². The van der Waals surface area contributed by atoms with E-state index in [9.17, 15) is 9.59 Å². The van der Waals surface area contributed by atoms with Gasteiger partial charge >= 0.3 is 0 Å². The number of hydrogen-bond donors (Lipinski definition) is 1. The lowest BCUT2D eigenvalue weighted by Crippen LogP contribution is -2.44. The van der Waals surface area contributed by atoms with Gasteiger partial charge in [-0.15, -0.1) is 11.8 Å². The van der Waals surface area contributed by atoms with E-state index in [1.807, 2.05) is 29.2 Å². The van der Waals surface area contributed by atoms with Crippen molar-refractivity contribution in [3.8, 4) is 0 Å². The average molecular weight is 325 g/mol. The molecule has 0 aliphatic carbocycles. The predicted molar refractivity (Wildman–Crippen MR) is 84.1 cm³/mol. The summed E-state index contributed by atoms with van der Waals surface area (Å²) < 4.78 is 0. The van der Waals surface area contributed by atoms with Crippen molar-refractivity contribution in [2.75, 3.05) is 18.8 Å². The van der Waals surface area contributed by atoms with Gasteiger partial charge in [0.2, 0.25) is 11.8 Å². The zero-order valence-electron chi connectivity index (χ0n) is 11.5. The SMILES string of the molecule is O=C1CCC(C(=O)N2CCSC2c2ccccc2Cl)CN1. The third kappa shape index (κ3) is 3.04. The summed E-state index contributed by atoms with van der Waals surface area (Å²) in [7, 11) is 0. The van der Waals surface area contributed by atoms with Crippen molar-refractivity contribution < 1.29 is 9.59 Å². The predicted octanol–water partition coefficient (Wildman–Crippen LogP) is 2.44. The number of hydrogen-bond acceptors (Lipinski definition) is 3. The van der Waals surface area contributed by atoms with Gasteiger partial charge in [-0.1, -0.05) is 29.8 Å². The second-order valence-corrected chi connectivity index (χ2v) is 6.91. The number of piperidine rings is 1. The summed E-state index contributed by atoms with van der Waals surface area (Å²) in [6.45, 7) is 1.19. The van der Waals surface area contributed by atoms with Crippen molar-refractivity contribution in [2.24, 2.45) is 5.92 Å². The maximum Gasteiger partial charge on any atom is 0.228 e. The topological polar surface area (TPSA) is 49.4 Å². The summed E-state index contributed by atoms with van der Waals surface area (Å²) in [4.78, 5) is 25.9. The van der Waals surface area contributed by atoms with Crippen LogP contribution in [0.4, 0.5) is 0 Å². The quantitative estimate of drug-likeness (QED) is 0.909. The molecule has 0 saturated carbocycles. The molecule has 0 bridgehead atoms. The van der Waals surface area contributed by atoms with Gasteiger partial charge in [0.25, 0.3) is 0 Å². The van der Waals surface area contributed by atoms with Gasteiger partial charge in [-0.25, -0.2) is 0 Å². The van der Waals surface area contributed by atoms with E-state index in [4.69, 9.17) is 11.6 Å². The lowest BCUT2D eigenvalue weighted by atomic mass is 9.97. The Morgan fingerprint density at radius 3 is 2.90 bits per heavy atom. The van der Waals surface area contributed by atoms with Crippen LogP contribution >= 0.6 is 23.4 Å². The maximum atomic E-state index is 12.7. The number of carbonyl (C=O) groups excluding carboxylic acids is 2. The summed E-state index contributed by atoms with van der Waals surface area (Å²) in [5, 5.41) is 3.47. The average Bonchev–Trinajstić information content (AvgIpc) is 2.97. The molecule has 2 aliphatic heterocycles. The molecular weight excluding hydrogens is 308 g/mol. The molecule has 1 aromatic rings. The number of thioether (sulfide) groups is 1. The van der Waals surface area contributed by atoms with Gasteiger partial charge in [-0.05, 0) is 12.5 Å². The maximum absolute atomic E-state index is 12.7. The standard InChI is InChI=1S/C15H17ClN2O2S/c16-12-4-2-1-3-11(12)15-18(7-8-21-15)14(20)10-5-6-13(19)17-9-10/h1-4,10,15H,5-9H2,(H,17,19). The van der Waals surface area contributed by atoms with Crippen LogP contribution in [0.5, 0.6) is 0 Å². The van der Waals surface area contributed by atoms with E-state index in [1.165, 1.54) is 0 Å². The van der Waals surface area contributed by atoms with Crippen LogP contribution in [0.25, 0.3) is 0 Å². The largest absolute Gasteiger partial charge is 0.355 e. The Bertz CT molecular complexity index is 556. The first-order chi connectivity index (χ1) is 10.2. The fourth-order valence-electron chi connectivity index (χ4n) is 2.81. The molecule has 21 heavy (non-hydrogen) atoms. The van der Waals surface area contributed by atoms with Crippen LogP contribution in [0.15, 0.2) is 24.3 Å². The van der Waals surface area contributed by atoms with E-state index >= 15 is 0 Å². The van der Waals surface area contributed by atoms with Crippen LogP contribution < -0.4 is 5.32 Å². The van der Waals surface area contributed by atoms with Gasteiger partial charge in [0.15, 0.2) is 0 Å². The van der Waals surface area contributed by atoms with Crippen molar-refractivity contribution in [1.82, 2.24) is 10.2 Å². The second kappa shape index (κ2) is 6.28. The molecule has 2 heterocycles. The highest BCUT2D eigenvalue weighted by Crippen LogP contribution is 2.41. The molecule has 2 amide bonds. The molecule has 0 spiro atoms. The summed E-state index contributed by atoms with van der Waals surface area (Å²) in [6.07, 6.45) is 1.08. The lowest BCUT2D eigenvalue weighted by molar-refractivity contribution is -0.137. The molecule has 0 aromatic heterocycles. The van der Waals surface area contributed by atoms with Gasteiger partial charge in [0.1, 0.15) is 5.37 Å². The van der Waals surface area contributed by atoms with Crippen LogP contribution in [0.2, 0.25) is 5.02 Å². The number of nitrogens with one attached hydrogen (secondary N) is 1. The highest BCUT2D eigenvalue weighted by atomic mass is 35.5. The summed E-state index contributed by atoms with van der Waals surface area (Å²) in [5.41, 5.74) is 0.995. The van der Waals surface area contributed by atoms with Gasteiger partial charge in [0, 0.05) is 35.8 Å². The van der Waals surface area contributed by atoms with Gasteiger partial charge < -0.3 is 10.2 Å². The van der Waals surface area contributed by atoms with Crippen LogP contribution in [0, 0.1) is 5.92 Å². The van der Waals surface area contributed by atoms with Gasteiger partial charge in [-0.2, -0.15) is 0 Å². The van der Waals surface area contributed by atoms with Crippen molar-refractivity contribution in [3.63, 3.8) is 0 Å². The molecule has 2 unspecified atom stereocenters. The molecule has 112 valence electrons. The normalized spacial score (nSPS) is 25.8. The number of amides is 2. The van der Waals surface area contributed by atoms with Crippen molar-refractivity contribution in [1.29, 1.82) is 0 Å². The van der Waals surface area contributed by atoms with Crippen molar-refractivity contribution in [3.05, 3.63) is 34.9 Å². The molecule has 2 atom stereocenters. The minimum Gasteiger partial charge on any atom is -0.355 e. The molecule has 1 N–H and O–H groups in total. The van der Waals surface area contributed by atoms with Crippen LogP contribution in [-0.2, 0) is 9.59 Å².